The van der Waals surface area contributed by atoms with Crippen LogP contribution >= 0.6 is 24.8 Å². The minimum absolute atomic E-state index is 0. The topological polar surface area (TPSA) is 39.3 Å². The van der Waals surface area contributed by atoms with E-state index in [-0.39, 0.29) is 24.8 Å². The number of nitrogens with one attached hydrogen (secondary N) is 3. The predicted octanol–water partition coefficient (Wildman–Crippen LogP) is 0.374. The number of nitrogens with zero attached hydrogens (tertiary/aromatic N) is 1. The Morgan fingerprint density at radius 3 is 1.77 bits per heavy atom. The van der Waals surface area contributed by atoms with Gasteiger partial charge in [0.05, 0.1) is 0 Å². The first kappa shape index (κ1) is 16.6. The number of hydrogen-bond acceptors (Lipinski definition) is 4. The molecule has 1 aliphatic heterocycles. The Kier molecular flexibility index (Phi) is 12.3. The van der Waals surface area contributed by atoms with Crippen LogP contribution in [0.3, 0.4) is 0 Å². The Morgan fingerprint density at radius 2 is 1.38 bits per heavy atom. The summed E-state index contributed by atoms with van der Waals surface area (Å²) in [6.45, 7) is 3.88. The van der Waals surface area contributed by atoms with E-state index in [0.29, 0.717) is 0 Å². The normalized spacial score (nSPS) is 18.9. The van der Waals surface area contributed by atoms with Crippen LogP contribution in [0.15, 0.2) is 0 Å². The van der Waals surface area contributed by atoms with Crippen LogP contribution < -0.4 is 16.0 Å². The van der Waals surface area contributed by atoms with Crippen LogP contribution in [0, 0.1) is 0 Å². The molecular formula is C6H19Cl2N4Ti. The molecule has 0 aromatic rings. The molecule has 7 heteroatoms. The molecule has 0 unspecified atom stereocenters. The van der Waals surface area contributed by atoms with Crippen LogP contribution in [-0.2, 0) is 18.1 Å². The average Bonchev–Trinajstić information content (AvgIpc) is 1.84. The SMILES string of the molecule is Cl.Cl.[CH3][Ti]([CH3])[N]1CNCNCNC1. The quantitative estimate of drug-likeness (QED) is 0.600. The summed E-state index contributed by atoms with van der Waals surface area (Å²) in [4.78, 5) is 0. The van der Waals surface area contributed by atoms with E-state index in [9.17, 15) is 0 Å². The number of rotatable bonds is 1. The molecule has 0 atom stereocenters. The van der Waals surface area contributed by atoms with E-state index in [2.05, 4.69) is 29.8 Å². The van der Waals surface area contributed by atoms with E-state index < -0.39 is 18.1 Å². The van der Waals surface area contributed by atoms with Crippen molar-refractivity contribution in [1.29, 1.82) is 0 Å². The van der Waals surface area contributed by atoms with Gasteiger partial charge in [-0.15, -0.1) is 24.8 Å². The van der Waals surface area contributed by atoms with E-state index >= 15 is 0 Å². The minimum atomic E-state index is -0.865. The van der Waals surface area contributed by atoms with Crippen LogP contribution in [0.2, 0.25) is 10.5 Å². The van der Waals surface area contributed by atoms with Gasteiger partial charge in [-0.05, 0) is 0 Å². The maximum absolute atomic E-state index is 3.34. The molecule has 1 heterocycles. The van der Waals surface area contributed by atoms with E-state index in [1.807, 2.05) is 0 Å². The van der Waals surface area contributed by atoms with Gasteiger partial charge in [0.25, 0.3) is 0 Å². The summed E-state index contributed by atoms with van der Waals surface area (Å²) in [6, 6.07) is 0. The van der Waals surface area contributed by atoms with Crippen molar-refractivity contribution in [2.24, 2.45) is 0 Å². The van der Waals surface area contributed by atoms with Crippen LogP contribution in [0.4, 0.5) is 0 Å². The molecule has 1 aliphatic rings. The van der Waals surface area contributed by atoms with Crippen LogP contribution in [0.5, 0.6) is 0 Å². The standard InChI is InChI=1S/C4H11N4.2CH3.2ClH.Ti/c1-5-2-7-4-8-3-6-1;;;;;/h5-7H,1-4H2;2*1H3;2*1H;/q-1;;;;;+1. The molecule has 81 valence electrons. The Labute approximate surface area is 99.2 Å². The molecule has 0 amide bonds. The summed E-state index contributed by atoms with van der Waals surface area (Å²) < 4.78 is 2.51. The summed E-state index contributed by atoms with van der Waals surface area (Å²) in [6.07, 6.45) is 0. The Hall–Kier alpha value is 1.13. The molecule has 0 radical (unpaired) electrons. The second-order valence-electron chi connectivity index (χ2n) is 2.91. The van der Waals surface area contributed by atoms with Crippen LogP contribution in [0.1, 0.15) is 0 Å². The first-order valence-electron chi connectivity index (χ1n) is 3.98. The summed E-state index contributed by atoms with van der Waals surface area (Å²) in [5.41, 5.74) is 0. The molecule has 0 bridgehead atoms. The van der Waals surface area contributed by atoms with Crippen molar-refractivity contribution in [3.8, 4) is 0 Å². The number of hydrogen-bond donors (Lipinski definition) is 3. The monoisotopic (exact) mass is 265 g/mol. The molecule has 1 rings (SSSR count). The third kappa shape index (κ3) is 7.11. The van der Waals surface area contributed by atoms with Gasteiger partial charge in [0.2, 0.25) is 0 Å². The van der Waals surface area contributed by atoms with E-state index in [1.54, 1.807) is 0 Å². The Balaban J connectivity index is 0. The Bertz CT molecular complexity index is 109. The molecule has 0 aromatic heterocycles. The van der Waals surface area contributed by atoms with Crippen molar-refractivity contribution in [3.63, 3.8) is 0 Å². The predicted molar refractivity (Wildman–Crippen MR) is 56.9 cm³/mol. The second-order valence-corrected chi connectivity index (χ2v) is 6.85. The van der Waals surface area contributed by atoms with Crippen molar-refractivity contribution in [2.75, 3.05) is 26.7 Å². The van der Waals surface area contributed by atoms with Crippen molar-refractivity contribution >= 4 is 24.8 Å². The third-order valence-electron chi connectivity index (χ3n) is 1.74. The fourth-order valence-corrected chi connectivity index (χ4v) is 2.33. The summed E-state index contributed by atoms with van der Waals surface area (Å²) in [7, 11) is 0. The first-order chi connectivity index (χ1) is 5.30. The summed E-state index contributed by atoms with van der Waals surface area (Å²) in [5, 5.41) is 14.6. The average molecular weight is 266 g/mol. The van der Waals surface area contributed by atoms with Gasteiger partial charge in [-0.1, -0.05) is 0 Å². The van der Waals surface area contributed by atoms with Crippen molar-refractivity contribution in [2.45, 2.75) is 10.5 Å². The van der Waals surface area contributed by atoms with Crippen LogP contribution in [-0.4, -0.2) is 30.1 Å². The molecule has 13 heavy (non-hydrogen) atoms. The van der Waals surface area contributed by atoms with E-state index in [1.165, 1.54) is 0 Å². The molecular weight excluding hydrogens is 247 g/mol. The zero-order chi connectivity index (χ0) is 8.10. The first-order valence-corrected chi connectivity index (χ1v) is 7.80. The maximum atomic E-state index is 3.34. The molecule has 1 fully saturated rings. The van der Waals surface area contributed by atoms with Gasteiger partial charge in [-0.2, -0.15) is 0 Å². The fourth-order valence-electron chi connectivity index (χ4n) is 0.993. The van der Waals surface area contributed by atoms with Crippen molar-refractivity contribution < 1.29 is 18.1 Å². The fraction of sp³-hybridized carbons (Fsp3) is 1.00. The van der Waals surface area contributed by atoms with E-state index in [4.69, 9.17) is 0 Å². The second kappa shape index (κ2) is 9.68. The molecule has 0 aliphatic carbocycles. The zero-order valence-electron chi connectivity index (χ0n) is 8.09. The molecule has 0 saturated carbocycles. The van der Waals surface area contributed by atoms with Gasteiger partial charge in [0.15, 0.2) is 0 Å². The molecule has 3 N–H and O–H groups in total. The zero-order valence-corrected chi connectivity index (χ0v) is 11.3. The van der Waals surface area contributed by atoms with Crippen LogP contribution in [0.25, 0.3) is 0 Å². The van der Waals surface area contributed by atoms with Gasteiger partial charge >= 0.3 is 74.6 Å². The molecule has 1 saturated heterocycles. The van der Waals surface area contributed by atoms with Crippen molar-refractivity contribution in [1.82, 2.24) is 19.3 Å². The third-order valence-corrected chi connectivity index (χ3v) is 4.21. The summed E-state index contributed by atoms with van der Waals surface area (Å²) in [5.74, 6) is 0. The van der Waals surface area contributed by atoms with Gasteiger partial charge in [-0.3, -0.25) is 0 Å². The van der Waals surface area contributed by atoms with E-state index in [0.717, 1.165) is 26.7 Å². The van der Waals surface area contributed by atoms with Gasteiger partial charge < -0.3 is 0 Å². The van der Waals surface area contributed by atoms with Crippen molar-refractivity contribution in [3.05, 3.63) is 0 Å². The Morgan fingerprint density at radius 1 is 0.923 bits per heavy atom. The van der Waals surface area contributed by atoms with Gasteiger partial charge in [0.1, 0.15) is 0 Å². The number of halogens is 2. The van der Waals surface area contributed by atoms with Gasteiger partial charge in [0, 0.05) is 0 Å². The summed E-state index contributed by atoms with van der Waals surface area (Å²) >= 11 is -0.865. The van der Waals surface area contributed by atoms with Gasteiger partial charge in [-0.25, -0.2) is 0 Å². The molecule has 0 aromatic carbocycles. The molecule has 4 nitrogen and oxygen atoms in total. The molecule has 0 spiro atoms.